The van der Waals surface area contributed by atoms with Gasteiger partial charge in [-0.15, -0.1) is 0 Å². The Hall–Kier alpha value is 0.571. The van der Waals surface area contributed by atoms with Crippen LogP contribution in [-0.2, 0) is 8.23 Å². The Labute approximate surface area is 118 Å². The van der Waals surface area contributed by atoms with E-state index in [1.54, 1.807) is 0 Å². The molecule has 0 aromatic heterocycles. The third kappa shape index (κ3) is 8.63. The van der Waals surface area contributed by atoms with E-state index in [-0.39, 0.29) is 0 Å². The van der Waals surface area contributed by atoms with Crippen molar-refractivity contribution < 1.29 is 8.23 Å². The van der Waals surface area contributed by atoms with Gasteiger partial charge in [0.25, 0.3) is 0 Å². The second-order valence-corrected chi connectivity index (χ2v) is 20.1. The molecule has 0 aliphatic rings. The van der Waals surface area contributed by atoms with Crippen LogP contribution in [-0.4, -0.2) is 25.2 Å². The fourth-order valence-electron chi connectivity index (χ4n) is 2.29. The Morgan fingerprint density at radius 3 is 1.39 bits per heavy atom. The van der Waals surface area contributed by atoms with Crippen LogP contribution in [0, 0.1) is 0 Å². The zero-order valence-corrected chi connectivity index (χ0v) is 16.9. The van der Waals surface area contributed by atoms with Crippen molar-refractivity contribution in [1.29, 1.82) is 0 Å². The summed E-state index contributed by atoms with van der Waals surface area (Å²) in [5, 5.41) is 0. The Kier molecular flexibility index (Phi) is 7.61. The van der Waals surface area contributed by atoms with E-state index in [1.807, 2.05) is 0 Å². The van der Waals surface area contributed by atoms with Crippen LogP contribution in [0.5, 0.6) is 0 Å². The molecule has 0 bridgehead atoms. The van der Waals surface area contributed by atoms with Crippen LogP contribution in [0.1, 0.15) is 33.1 Å². The fourth-order valence-corrected chi connectivity index (χ4v) is 15.3. The summed E-state index contributed by atoms with van der Waals surface area (Å²) in [7, 11) is -5.01. The Morgan fingerprint density at radius 1 is 0.667 bits per heavy atom. The first-order valence-corrected chi connectivity index (χ1v) is 16.5. The SMILES string of the molecule is CCCC[Si](CCC)(O[Si](C)(C)C)O[Si](C)(C)C. The number of rotatable bonds is 9. The molecule has 0 spiro atoms. The molecule has 0 rings (SSSR count). The molecule has 0 amide bonds. The minimum Gasteiger partial charge on any atom is -0.436 e. The van der Waals surface area contributed by atoms with Gasteiger partial charge in [0.05, 0.1) is 0 Å². The normalized spacial score (nSPS) is 14.0. The summed E-state index contributed by atoms with van der Waals surface area (Å²) < 4.78 is 13.3. The fraction of sp³-hybridized carbons (Fsp3) is 1.00. The van der Waals surface area contributed by atoms with Gasteiger partial charge in [-0.1, -0.05) is 33.1 Å². The molecule has 2 nitrogen and oxygen atoms in total. The van der Waals surface area contributed by atoms with Crippen molar-refractivity contribution in [3.8, 4) is 0 Å². The minimum absolute atomic E-state index is 1.17. The first-order chi connectivity index (χ1) is 8.04. The lowest BCUT2D eigenvalue weighted by atomic mass is 10.4. The van der Waals surface area contributed by atoms with Crippen LogP contribution >= 0.6 is 0 Å². The van der Waals surface area contributed by atoms with Gasteiger partial charge in [0.1, 0.15) is 0 Å². The lowest BCUT2D eigenvalue weighted by molar-refractivity contribution is 0.368. The lowest BCUT2D eigenvalue weighted by Gasteiger charge is -2.41. The molecule has 0 unspecified atom stereocenters. The largest absolute Gasteiger partial charge is 0.436 e. The van der Waals surface area contributed by atoms with Crippen molar-refractivity contribution in [3.63, 3.8) is 0 Å². The predicted octanol–water partition coefficient (Wildman–Crippen LogP) is 5.34. The van der Waals surface area contributed by atoms with Gasteiger partial charge in [0, 0.05) is 0 Å². The van der Waals surface area contributed by atoms with Crippen molar-refractivity contribution in [2.24, 2.45) is 0 Å². The molecule has 0 atom stereocenters. The summed E-state index contributed by atoms with van der Waals surface area (Å²) in [5.74, 6) is 0. The van der Waals surface area contributed by atoms with Crippen molar-refractivity contribution >= 4 is 25.2 Å². The maximum Gasteiger partial charge on any atom is 0.317 e. The molecule has 0 fully saturated rings. The quantitative estimate of drug-likeness (QED) is 0.535. The maximum atomic E-state index is 6.63. The highest BCUT2D eigenvalue weighted by atomic mass is 28.5. The summed E-state index contributed by atoms with van der Waals surface area (Å²) in [6.45, 7) is 18.3. The summed E-state index contributed by atoms with van der Waals surface area (Å²) in [5.41, 5.74) is 0. The average molecular weight is 307 g/mol. The molecule has 5 heteroatoms. The van der Waals surface area contributed by atoms with Gasteiger partial charge in [-0.3, -0.25) is 0 Å². The highest BCUT2D eigenvalue weighted by Crippen LogP contribution is 2.30. The summed E-state index contributed by atoms with van der Waals surface area (Å²) in [6, 6.07) is 2.35. The minimum atomic E-state index is -1.96. The maximum absolute atomic E-state index is 6.63. The number of unbranched alkanes of at least 4 members (excludes halogenated alkanes) is 1. The Bertz CT molecular complexity index is 215. The molecule has 0 aromatic rings. The number of hydrogen-bond donors (Lipinski definition) is 0. The lowest BCUT2D eigenvalue weighted by Crippen LogP contribution is -2.54. The van der Waals surface area contributed by atoms with Crippen molar-refractivity contribution in [2.45, 2.75) is 84.5 Å². The van der Waals surface area contributed by atoms with Crippen molar-refractivity contribution in [2.75, 3.05) is 0 Å². The van der Waals surface area contributed by atoms with Gasteiger partial charge in [0.2, 0.25) is 0 Å². The smallest absolute Gasteiger partial charge is 0.317 e. The zero-order chi connectivity index (χ0) is 14.4. The Morgan fingerprint density at radius 2 is 1.11 bits per heavy atom. The van der Waals surface area contributed by atoms with E-state index in [0.717, 1.165) is 0 Å². The summed E-state index contributed by atoms with van der Waals surface area (Å²) in [4.78, 5) is 0. The third-order valence-electron chi connectivity index (χ3n) is 2.53. The van der Waals surface area contributed by atoms with E-state index in [9.17, 15) is 0 Å². The van der Waals surface area contributed by atoms with Gasteiger partial charge in [0.15, 0.2) is 16.6 Å². The molecular weight excluding hydrogens is 272 g/mol. The molecule has 0 saturated heterocycles. The van der Waals surface area contributed by atoms with Crippen LogP contribution < -0.4 is 0 Å². The molecule has 110 valence electrons. The van der Waals surface area contributed by atoms with E-state index < -0.39 is 25.2 Å². The molecule has 0 heterocycles. The van der Waals surface area contributed by atoms with Crippen LogP contribution in [0.3, 0.4) is 0 Å². The monoisotopic (exact) mass is 306 g/mol. The van der Waals surface area contributed by atoms with Crippen molar-refractivity contribution in [1.82, 2.24) is 0 Å². The second kappa shape index (κ2) is 7.38. The molecule has 0 aliphatic carbocycles. The van der Waals surface area contributed by atoms with Crippen LogP contribution in [0.25, 0.3) is 0 Å². The number of hydrogen-bond acceptors (Lipinski definition) is 2. The standard InChI is InChI=1S/C13H34O2Si3/c1-9-11-13-18(12-10-2,14-16(3,4)5)15-17(6,7)8/h9-13H2,1-8H3. The molecule has 0 aromatic carbocycles. The highest BCUT2D eigenvalue weighted by Gasteiger charge is 2.43. The van der Waals surface area contributed by atoms with Crippen LogP contribution in [0.4, 0.5) is 0 Å². The molecule has 0 saturated carbocycles. The molecular formula is C13H34O2Si3. The van der Waals surface area contributed by atoms with E-state index in [1.165, 1.54) is 31.4 Å². The predicted molar refractivity (Wildman–Crippen MR) is 89.4 cm³/mol. The summed E-state index contributed by atoms with van der Waals surface area (Å²) >= 11 is 0. The average Bonchev–Trinajstić information content (AvgIpc) is 2.09. The molecule has 18 heavy (non-hydrogen) atoms. The van der Waals surface area contributed by atoms with Crippen LogP contribution in [0.15, 0.2) is 0 Å². The van der Waals surface area contributed by atoms with Gasteiger partial charge in [-0.05, 0) is 51.4 Å². The van der Waals surface area contributed by atoms with Crippen molar-refractivity contribution in [3.05, 3.63) is 0 Å². The topological polar surface area (TPSA) is 18.5 Å². The molecule has 0 aliphatic heterocycles. The van der Waals surface area contributed by atoms with Crippen LogP contribution in [0.2, 0.25) is 51.4 Å². The third-order valence-corrected chi connectivity index (χ3v) is 12.8. The van der Waals surface area contributed by atoms with E-state index in [4.69, 9.17) is 8.23 Å². The summed E-state index contributed by atoms with van der Waals surface area (Å²) in [6.07, 6.45) is 3.68. The van der Waals surface area contributed by atoms with E-state index >= 15 is 0 Å². The molecule has 0 N–H and O–H groups in total. The molecule has 0 radical (unpaired) electrons. The first kappa shape index (κ1) is 18.6. The first-order valence-electron chi connectivity index (χ1n) is 7.44. The van der Waals surface area contributed by atoms with E-state index in [0.29, 0.717) is 0 Å². The second-order valence-electron chi connectivity index (χ2n) is 7.19. The highest BCUT2D eigenvalue weighted by molar-refractivity contribution is 6.88. The van der Waals surface area contributed by atoms with Gasteiger partial charge >= 0.3 is 8.56 Å². The van der Waals surface area contributed by atoms with Gasteiger partial charge in [-0.25, -0.2) is 0 Å². The van der Waals surface area contributed by atoms with E-state index in [2.05, 4.69) is 53.1 Å². The Balaban J connectivity index is 5.01. The van der Waals surface area contributed by atoms with Gasteiger partial charge < -0.3 is 8.23 Å². The zero-order valence-electron chi connectivity index (χ0n) is 13.9. The van der Waals surface area contributed by atoms with Gasteiger partial charge in [-0.2, -0.15) is 0 Å².